The van der Waals surface area contributed by atoms with E-state index >= 15 is 0 Å². The average Bonchev–Trinajstić information content (AvgIpc) is 3.14. The second-order valence-corrected chi connectivity index (χ2v) is 8.86. The maximum atomic E-state index is 12.0. The lowest BCUT2D eigenvalue weighted by atomic mass is 10.2. The van der Waals surface area contributed by atoms with Crippen LogP contribution in [0.1, 0.15) is 32.9 Å². The number of urea groups is 1. The molecule has 4 rings (SSSR count). The van der Waals surface area contributed by atoms with Crippen LogP contribution in [-0.4, -0.2) is 66.5 Å². The first-order valence-electron chi connectivity index (χ1n) is 10.3. The lowest BCUT2D eigenvalue weighted by Gasteiger charge is -2.36. The van der Waals surface area contributed by atoms with Crippen molar-refractivity contribution in [3.63, 3.8) is 0 Å². The Morgan fingerprint density at radius 2 is 2.03 bits per heavy atom. The molecular formula is C21H28N6O2S. The number of piperazine rings is 1. The highest BCUT2D eigenvalue weighted by atomic mass is 32.1. The SMILES string of the molecule is CCN1Cc2sc(CN3CCN(c4ccc(C(=O)NC)nc4C)CC3)cc2NC1=O. The van der Waals surface area contributed by atoms with Crippen LogP contribution in [0.3, 0.4) is 0 Å². The minimum absolute atomic E-state index is 0.00520. The van der Waals surface area contributed by atoms with E-state index < -0.39 is 0 Å². The number of carbonyl (C=O) groups excluding carboxylic acids is 2. The molecule has 0 atom stereocenters. The van der Waals surface area contributed by atoms with Crippen LogP contribution in [0.5, 0.6) is 0 Å². The predicted molar refractivity (Wildman–Crippen MR) is 119 cm³/mol. The molecule has 30 heavy (non-hydrogen) atoms. The van der Waals surface area contributed by atoms with E-state index in [1.54, 1.807) is 24.5 Å². The highest BCUT2D eigenvalue weighted by Crippen LogP contribution is 2.33. The van der Waals surface area contributed by atoms with Gasteiger partial charge in [-0.1, -0.05) is 0 Å². The van der Waals surface area contributed by atoms with E-state index in [1.165, 1.54) is 9.75 Å². The zero-order chi connectivity index (χ0) is 21.3. The number of thiophene rings is 1. The van der Waals surface area contributed by atoms with Gasteiger partial charge in [0, 0.05) is 56.1 Å². The molecular weight excluding hydrogens is 400 g/mol. The van der Waals surface area contributed by atoms with Crippen LogP contribution in [0.4, 0.5) is 16.2 Å². The molecule has 2 aliphatic heterocycles. The molecule has 2 aromatic rings. The molecule has 0 bridgehead atoms. The second-order valence-electron chi connectivity index (χ2n) is 7.64. The Bertz CT molecular complexity index is 951. The number of carbonyl (C=O) groups is 2. The summed E-state index contributed by atoms with van der Waals surface area (Å²) in [4.78, 5) is 37.4. The summed E-state index contributed by atoms with van der Waals surface area (Å²) < 4.78 is 0. The Balaban J connectivity index is 1.36. The van der Waals surface area contributed by atoms with Crippen molar-refractivity contribution in [2.24, 2.45) is 0 Å². The predicted octanol–water partition coefficient (Wildman–Crippen LogP) is 2.50. The Labute approximate surface area is 180 Å². The zero-order valence-electron chi connectivity index (χ0n) is 17.7. The van der Waals surface area contributed by atoms with Gasteiger partial charge in [0.1, 0.15) is 5.69 Å². The fourth-order valence-corrected chi connectivity index (χ4v) is 5.17. The normalized spacial score (nSPS) is 17.0. The van der Waals surface area contributed by atoms with E-state index in [1.807, 2.05) is 24.8 Å². The van der Waals surface area contributed by atoms with E-state index in [9.17, 15) is 9.59 Å². The minimum Gasteiger partial charge on any atom is -0.368 e. The monoisotopic (exact) mass is 428 g/mol. The number of aromatic nitrogens is 1. The maximum absolute atomic E-state index is 12.0. The Morgan fingerprint density at radius 3 is 2.70 bits per heavy atom. The molecule has 4 heterocycles. The molecule has 1 saturated heterocycles. The first-order chi connectivity index (χ1) is 14.5. The molecule has 160 valence electrons. The quantitative estimate of drug-likeness (QED) is 0.765. The third-order valence-corrected chi connectivity index (χ3v) is 6.82. The number of hydrogen-bond acceptors (Lipinski definition) is 6. The first kappa shape index (κ1) is 20.6. The largest absolute Gasteiger partial charge is 0.368 e. The van der Waals surface area contributed by atoms with E-state index in [0.717, 1.165) is 56.3 Å². The number of amides is 3. The van der Waals surface area contributed by atoms with Gasteiger partial charge in [-0.3, -0.25) is 9.69 Å². The molecule has 0 saturated carbocycles. The van der Waals surface area contributed by atoms with Gasteiger partial charge in [0.15, 0.2) is 0 Å². The Hall–Kier alpha value is -2.65. The topological polar surface area (TPSA) is 80.8 Å². The lowest BCUT2D eigenvalue weighted by molar-refractivity contribution is 0.0958. The number of aryl methyl sites for hydroxylation is 1. The number of hydrogen-bond donors (Lipinski definition) is 2. The van der Waals surface area contributed by atoms with Gasteiger partial charge in [-0.25, -0.2) is 9.78 Å². The van der Waals surface area contributed by atoms with Crippen molar-refractivity contribution in [2.45, 2.75) is 26.9 Å². The van der Waals surface area contributed by atoms with Crippen molar-refractivity contribution in [3.8, 4) is 0 Å². The van der Waals surface area contributed by atoms with Crippen LogP contribution in [0, 0.1) is 6.92 Å². The molecule has 3 amide bonds. The molecule has 2 aliphatic rings. The standard InChI is InChI=1S/C21H28N6O2S/c1-4-26-13-19-17(24-21(26)29)11-15(30-19)12-25-7-9-27(10-8-25)18-6-5-16(20(28)22-3)23-14(18)2/h5-6,11H,4,7-10,12-13H2,1-3H3,(H,22,28)(H,24,29). The van der Waals surface area contributed by atoms with Gasteiger partial charge in [-0.2, -0.15) is 0 Å². The number of nitrogens with one attached hydrogen (secondary N) is 2. The summed E-state index contributed by atoms with van der Waals surface area (Å²) in [6.45, 7) is 10.1. The van der Waals surface area contributed by atoms with Crippen molar-refractivity contribution in [3.05, 3.63) is 39.3 Å². The Kier molecular flexibility index (Phi) is 5.92. The van der Waals surface area contributed by atoms with Crippen molar-refractivity contribution in [1.29, 1.82) is 0 Å². The summed E-state index contributed by atoms with van der Waals surface area (Å²) in [5.41, 5.74) is 3.40. The highest BCUT2D eigenvalue weighted by molar-refractivity contribution is 7.12. The molecule has 8 nitrogen and oxygen atoms in total. The van der Waals surface area contributed by atoms with Gasteiger partial charge in [-0.15, -0.1) is 11.3 Å². The average molecular weight is 429 g/mol. The summed E-state index contributed by atoms with van der Waals surface area (Å²) in [5.74, 6) is -0.161. The van der Waals surface area contributed by atoms with Crippen LogP contribution >= 0.6 is 11.3 Å². The number of rotatable bonds is 5. The van der Waals surface area contributed by atoms with Crippen molar-refractivity contribution in [2.75, 3.05) is 50.0 Å². The first-order valence-corrected chi connectivity index (χ1v) is 11.1. The molecule has 2 N–H and O–H groups in total. The molecule has 2 aromatic heterocycles. The summed E-state index contributed by atoms with van der Waals surface area (Å²) in [7, 11) is 1.62. The van der Waals surface area contributed by atoms with Gasteiger partial charge in [0.25, 0.3) is 5.91 Å². The number of anilines is 2. The maximum Gasteiger partial charge on any atom is 0.322 e. The van der Waals surface area contributed by atoms with Gasteiger partial charge < -0.3 is 20.4 Å². The molecule has 0 radical (unpaired) electrons. The fraction of sp³-hybridized carbons (Fsp3) is 0.476. The zero-order valence-corrected chi connectivity index (χ0v) is 18.5. The van der Waals surface area contributed by atoms with E-state index in [-0.39, 0.29) is 11.9 Å². The molecule has 1 fully saturated rings. The van der Waals surface area contributed by atoms with E-state index in [2.05, 4.69) is 31.5 Å². The molecule has 9 heteroatoms. The molecule has 0 spiro atoms. The van der Waals surface area contributed by atoms with Crippen LogP contribution < -0.4 is 15.5 Å². The van der Waals surface area contributed by atoms with Crippen molar-refractivity contribution in [1.82, 2.24) is 20.1 Å². The number of fused-ring (bicyclic) bond motifs is 1. The van der Waals surface area contributed by atoms with Crippen LogP contribution in [0.2, 0.25) is 0 Å². The van der Waals surface area contributed by atoms with Crippen LogP contribution in [-0.2, 0) is 13.1 Å². The summed E-state index contributed by atoms with van der Waals surface area (Å²) in [5, 5.41) is 5.62. The second kappa shape index (κ2) is 8.61. The summed E-state index contributed by atoms with van der Waals surface area (Å²) >= 11 is 1.80. The van der Waals surface area contributed by atoms with Gasteiger partial charge >= 0.3 is 6.03 Å². The van der Waals surface area contributed by atoms with E-state index in [0.29, 0.717) is 12.2 Å². The van der Waals surface area contributed by atoms with Crippen LogP contribution in [0.25, 0.3) is 0 Å². The lowest BCUT2D eigenvalue weighted by Crippen LogP contribution is -2.46. The van der Waals surface area contributed by atoms with Gasteiger partial charge in [0.05, 0.1) is 23.6 Å². The fourth-order valence-electron chi connectivity index (χ4n) is 3.99. The van der Waals surface area contributed by atoms with Gasteiger partial charge in [-0.05, 0) is 32.0 Å². The molecule has 0 unspecified atom stereocenters. The number of pyridine rings is 1. The highest BCUT2D eigenvalue weighted by Gasteiger charge is 2.25. The third kappa shape index (κ3) is 4.13. The molecule has 0 aromatic carbocycles. The van der Waals surface area contributed by atoms with Crippen molar-refractivity contribution < 1.29 is 9.59 Å². The van der Waals surface area contributed by atoms with Gasteiger partial charge in [0.2, 0.25) is 0 Å². The van der Waals surface area contributed by atoms with Crippen LogP contribution in [0.15, 0.2) is 18.2 Å². The van der Waals surface area contributed by atoms with E-state index in [4.69, 9.17) is 0 Å². The Morgan fingerprint density at radius 1 is 1.27 bits per heavy atom. The summed E-state index contributed by atoms with van der Waals surface area (Å²) in [6.07, 6.45) is 0. The minimum atomic E-state index is -0.161. The van der Waals surface area contributed by atoms with Crippen molar-refractivity contribution >= 4 is 34.6 Å². The number of nitrogens with zero attached hydrogens (tertiary/aromatic N) is 4. The third-order valence-electron chi connectivity index (χ3n) is 5.72. The molecule has 0 aliphatic carbocycles. The smallest absolute Gasteiger partial charge is 0.322 e. The summed E-state index contributed by atoms with van der Waals surface area (Å²) in [6, 6.07) is 5.91.